The Labute approximate surface area is 154 Å². The first-order valence-electron chi connectivity index (χ1n) is 9.30. The van der Waals surface area contributed by atoms with Gasteiger partial charge < -0.3 is 24.2 Å². The van der Waals surface area contributed by atoms with E-state index in [1.807, 2.05) is 26.0 Å². The van der Waals surface area contributed by atoms with Gasteiger partial charge in [-0.15, -0.1) is 0 Å². The van der Waals surface area contributed by atoms with Crippen LogP contribution in [0.4, 0.5) is 0 Å². The smallest absolute Gasteiger partial charge is 0.216 e. The number of oxazole rings is 1. The van der Waals surface area contributed by atoms with Crippen molar-refractivity contribution in [2.75, 3.05) is 19.7 Å². The summed E-state index contributed by atoms with van der Waals surface area (Å²) in [6, 6.07) is 3.87. The molecule has 2 N–H and O–H groups in total. The second-order valence-electron chi connectivity index (χ2n) is 6.54. The minimum Gasteiger partial charge on any atom is -0.469 e. The van der Waals surface area contributed by atoms with E-state index >= 15 is 0 Å². The normalized spacial score (nSPS) is 18.1. The van der Waals surface area contributed by atoms with Crippen LogP contribution in [0.3, 0.4) is 0 Å². The van der Waals surface area contributed by atoms with E-state index < -0.39 is 0 Å². The van der Waals surface area contributed by atoms with E-state index in [4.69, 9.17) is 13.6 Å². The van der Waals surface area contributed by atoms with Crippen LogP contribution >= 0.6 is 0 Å². The highest BCUT2D eigenvalue weighted by atomic mass is 16.5. The number of aromatic nitrogens is 1. The summed E-state index contributed by atoms with van der Waals surface area (Å²) in [5.41, 5.74) is 0.908. The first-order valence-corrected chi connectivity index (χ1v) is 9.30. The SMILES string of the molecule is Cc1nc(CN=C(NCCc2ccco2)NCC2CCCCO2)oc1C. The fourth-order valence-corrected chi connectivity index (χ4v) is 2.87. The van der Waals surface area contributed by atoms with Crippen LogP contribution in [0.15, 0.2) is 32.2 Å². The van der Waals surface area contributed by atoms with Crippen molar-refractivity contribution in [3.8, 4) is 0 Å². The number of aryl methyl sites for hydroxylation is 2. The van der Waals surface area contributed by atoms with E-state index in [1.165, 1.54) is 6.42 Å². The monoisotopic (exact) mass is 360 g/mol. The number of nitrogens with one attached hydrogen (secondary N) is 2. The second kappa shape index (κ2) is 9.43. The Morgan fingerprint density at radius 1 is 1.31 bits per heavy atom. The molecule has 1 aliphatic rings. The minimum absolute atomic E-state index is 0.243. The molecule has 0 amide bonds. The molecule has 0 saturated carbocycles. The van der Waals surface area contributed by atoms with E-state index in [-0.39, 0.29) is 6.10 Å². The van der Waals surface area contributed by atoms with Gasteiger partial charge in [0.2, 0.25) is 5.89 Å². The van der Waals surface area contributed by atoms with Crippen LogP contribution < -0.4 is 10.6 Å². The zero-order valence-corrected chi connectivity index (χ0v) is 15.6. The molecule has 0 radical (unpaired) electrons. The molecular weight excluding hydrogens is 332 g/mol. The molecule has 7 nitrogen and oxygen atoms in total. The van der Waals surface area contributed by atoms with Crippen molar-refractivity contribution in [2.45, 2.75) is 52.2 Å². The molecule has 1 fully saturated rings. The molecule has 1 aliphatic heterocycles. The quantitative estimate of drug-likeness (QED) is 0.583. The lowest BCUT2D eigenvalue weighted by molar-refractivity contribution is 0.0194. The Morgan fingerprint density at radius 3 is 2.92 bits per heavy atom. The van der Waals surface area contributed by atoms with Crippen LogP contribution in [0.1, 0.15) is 42.4 Å². The average molecular weight is 360 g/mol. The standard InChI is InChI=1S/C19H28N4O3/c1-14-15(2)26-18(23-14)13-22-19(20-9-8-16-7-5-11-24-16)21-12-17-6-3-4-10-25-17/h5,7,11,17H,3-4,6,8-10,12-13H2,1-2H3,(H2,20,21,22). The number of nitrogens with zero attached hydrogens (tertiary/aromatic N) is 2. The van der Waals surface area contributed by atoms with Crippen molar-refractivity contribution in [2.24, 2.45) is 4.99 Å². The molecule has 2 aromatic heterocycles. The number of aliphatic imine (C=N–C) groups is 1. The summed E-state index contributed by atoms with van der Waals surface area (Å²) in [5.74, 6) is 3.15. The summed E-state index contributed by atoms with van der Waals surface area (Å²) in [6.07, 6.45) is 6.19. The van der Waals surface area contributed by atoms with Gasteiger partial charge in [-0.05, 0) is 45.2 Å². The molecule has 0 bridgehead atoms. The maximum atomic E-state index is 5.78. The molecule has 26 heavy (non-hydrogen) atoms. The van der Waals surface area contributed by atoms with Crippen molar-refractivity contribution in [3.05, 3.63) is 41.5 Å². The molecule has 7 heteroatoms. The van der Waals surface area contributed by atoms with Gasteiger partial charge in [-0.1, -0.05) is 0 Å². The van der Waals surface area contributed by atoms with Gasteiger partial charge in [-0.25, -0.2) is 9.98 Å². The fourth-order valence-electron chi connectivity index (χ4n) is 2.87. The topological polar surface area (TPSA) is 84.8 Å². The van der Waals surface area contributed by atoms with Crippen LogP contribution in [0.2, 0.25) is 0 Å². The maximum Gasteiger partial charge on any atom is 0.216 e. The predicted molar refractivity (Wildman–Crippen MR) is 99.1 cm³/mol. The Hall–Kier alpha value is -2.28. The summed E-state index contributed by atoms with van der Waals surface area (Å²) in [7, 11) is 0. The van der Waals surface area contributed by atoms with Gasteiger partial charge in [-0.2, -0.15) is 0 Å². The molecular formula is C19H28N4O3. The number of rotatable bonds is 7. The molecule has 0 aliphatic carbocycles. The Kier molecular flexibility index (Phi) is 6.71. The van der Waals surface area contributed by atoms with Crippen molar-refractivity contribution >= 4 is 5.96 Å². The maximum absolute atomic E-state index is 5.78. The first kappa shape index (κ1) is 18.5. The van der Waals surface area contributed by atoms with Crippen molar-refractivity contribution in [1.82, 2.24) is 15.6 Å². The number of guanidine groups is 1. The number of hydrogen-bond acceptors (Lipinski definition) is 5. The van der Waals surface area contributed by atoms with Gasteiger partial charge in [0.25, 0.3) is 0 Å². The van der Waals surface area contributed by atoms with Crippen LogP contribution in [0.25, 0.3) is 0 Å². The lowest BCUT2D eigenvalue weighted by Gasteiger charge is -2.23. The number of hydrogen-bond donors (Lipinski definition) is 2. The van der Waals surface area contributed by atoms with E-state index in [0.29, 0.717) is 12.4 Å². The molecule has 1 atom stereocenters. The van der Waals surface area contributed by atoms with E-state index in [0.717, 1.165) is 62.1 Å². The molecule has 3 rings (SSSR count). The van der Waals surface area contributed by atoms with Gasteiger partial charge in [0.15, 0.2) is 5.96 Å². The third kappa shape index (κ3) is 5.62. The Balaban J connectivity index is 1.54. The van der Waals surface area contributed by atoms with Gasteiger partial charge >= 0.3 is 0 Å². The van der Waals surface area contributed by atoms with E-state index in [9.17, 15) is 0 Å². The largest absolute Gasteiger partial charge is 0.469 e. The second-order valence-corrected chi connectivity index (χ2v) is 6.54. The van der Waals surface area contributed by atoms with Crippen molar-refractivity contribution in [1.29, 1.82) is 0 Å². The van der Waals surface area contributed by atoms with E-state index in [1.54, 1.807) is 6.26 Å². The van der Waals surface area contributed by atoms with Gasteiger partial charge in [0, 0.05) is 26.1 Å². The molecule has 0 aromatic carbocycles. The van der Waals surface area contributed by atoms with E-state index in [2.05, 4.69) is 20.6 Å². The summed E-state index contributed by atoms with van der Waals surface area (Å²) in [5, 5.41) is 6.72. The summed E-state index contributed by atoms with van der Waals surface area (Å²) in [6.45, 7) is 6.57. The zero-order chi connectivity index (χ0) is 18.2. The van der Waals surface area contributed by atoms with Crippen LogP contribution in [0, 0.1) is 13.8 Å². The summed E-state index contributed by atoms with van der Waals surface area (Å²) in [4.78, 5) is 8.99. The third-order valence-electron chi connectivity index (χ3n) is 4.46. The minimum atomic E-state index is 0.243. The molecule has 2 aromatic rings. The highest BCUT2D eigenvalue weighted by Gasteiger charge is 2.14. The van der Waals surface area contributed by atoms with Gasteiger partial charge in [0.1, 0.15) is 18.1 Å². The van der Waals surface area contributed by atoms with Gasteiger partial charge in [-0.3, -0.25) is 0 Å². The van der Waals surface area contributed by atoms with Crippen molar-refractivity contribution in [3.63, 3.8) is 0 Å². The highest BCUT2D eigenvalue weighted by Crippen LogP contribution is 2.12. The predicted octanol–water partition coefficient (Wildman–Crippen LogP) is 2.73. The Bertz CT molecular complexity index is 668. The lowest BCUT2D eigenvalue weighted by Crippen LogP contribution is -2.43. The Morgan fingerprint density at radius 2 is 2.23 bits per heavy atom. The molecule has 3 heterocycles. The summed E-state index contributed by atoms with van der Waals surface area (Å²) < 4.78 is 16.8. The molecule has 1 saturated heterocycles. The van der Waals surface area contributed by atoms with Crippen LogP contribution in [-0.4, -0.2) is 36.7 Å². The fraction of sp³-hybridized carbons (Fsp3) is 0.579. The molecule has 1 unspecified atom stereocenters. The molecule has 142 valence electrons. The molecule has 0 spiro atoms. The highest BCUT2D eigenvalue weighted by molar-refractivity contribution is 5.79. The van der Waals surface area contributed by atoms with Crippen LogP contribution in [0.5, 0.6) is 0 Å². The average Bonchev–Trinajstić information content (AvgIpc) is 3.28. The zero-order valence-electron chi connectivity index (χ0n) is 15.6. The first-order chi connectivity index (χ1) is 12.7. The third-order valence-corrected chi connectivity index (χ3v) is 4.46. The van der Waals surface area contributed by atoms with Gasteiger partial charge in [0.05, 0.1) is 18.1 Å². The lowest BCUT2D eigenvalue weighted by atomic mass is 10.1. The number of ether oxygens (including phenoxy) is 1. The van der Waals surface area contributed by atoms with Crippen molar-refractivity contribution < 1.29 is 13.6 Å². The number of furan rings is 1. The summed E-state index contributed by atoms with van der Waals surface area (Å²) >= 11 is 0. The van der Waals surface area contributed by atoms with Crippen LogP contribution in [-0.2, 0) is 17.7 Å².